The van der Waals surface area contributed by atoms with Crippen LogP contribution in [0.3, 0.4) is 0 Å². The Hall–Kier alpha value is -2.66. The first-order valence-electron chi connectivity index (χ1n) is 6.67. The van der Waals surface area contributed by atoms with Gasteiger partial charge in [-0.2, -0.15) is 0 Å². The summed E-state index contributed by atoms with van der Waals surface area (Å²) < 4.78 is 0. The van der Waals surface area contributed by atoms with Crippen molar-refractivity contribution in [1.29, 1.82) is 0 Å². The zero-order valence-corrected chi connectivity index (χ0v) is 11.3. The van der Waals surface area contributed by atoms with Gasteiger partial charge in [0.15, 0.2) is 0 Å². The lowest BCUT2D eigenvalue weighted by molar-refractivity contribution is -0.117. The van der Waals surface area contributed by atoms with E-state index < -0.39 is 6.04 Å². The summed E-state index contributed by atoms with van der Waals surface area (Å²) >= 11 is 0. The molecule has 0 saturated carbocycles. The molecule has 1 aliphatic rings. The van der Waals surface area contributed by atoms with Gasteiger partial charge in [-0.25, -0.2) is 0 Å². The standard InChI is InChI=1S/C16H15N3O2/c17-14(10-4-2-1-3-5-10)16(21)19-12-7-6-11-9-18-15(20)13(11)8-12/h1-8,14H,9,17H2,(H,18,20)(H,19,21). The van der Waals surface area contributed by atoms with E-state index in [0.29, 0.717) is 17.8 Å². The van der Waals surface area contributed by atoms with Crippen LogP contribution >= 0.6 is 0 Å². The number of nitrogens with two attached hydrogens (primary N) is 1. The minimum Gasteiger partial charge on any atom is -0.348 e. The first-order chi connectivity index (χ1) is 10.1. The Morgan fingerprint density at radius 3 is 2.71 bits per heavy atom. The summed E-state index contributed by atoms with van der Waals surface area (Å²) in [6.45, 7) is 0.534. The molecule has 3 rings (SSSR count). The fourth-order valence-corrected chi connectivity index (χ4v) is 2.32. The van der Waals surface area contributed by atoms with Crippen molar-refractivity contribution in [2.24, 2.45) is 5.73 Å². The van der Waals surface area contributed by atoms with Crippen LogP contribution in [0.25, 0.3) is 0 Å². The van der Waals surface area contributed by atoms with Crippen molar-refractivity contribution in [1.82, 2.24) is 5.32 Å². The molecule has 1 aliphatic heterocycles. The summed E-state index contributed by atoms with van der Waals surface area (Å²) in [5.41, 5.74) is 8.78. The number of anilines is 1. The second kappa shape index (κ2) is 5.38. The van der Waals surface area contributed by atoms with Gasteiger partial charge in [-0.05, 0) is 23.3 Å². The van der Waals surface area contributed by atoms with Crippen molar-refractivity contribution >= 4 is 17.5 Å². The summed E-state index contributed by atoms with van der Waals surface area (Å²) in [5.74, 6) is -0.423. The summed E-state index contributed by atoms with van der Waals surface area (Å²) in [7, 11) is 0. The van der Waals surface area contributed by atoms with E-state index in [0.717, 1.165) is 11.1 Å². The molecule has 1 heterocycles. The number of amides is 2. The molecule has 0 spiro atoms. The lowest BCUT2D eigenvalue weighted by Crippen LogP contribution is -2.27. The summed E-state index contributed by atoms with van der Waals surface area (Å²) in [5, 5.41) is 5.48. The van der Waals surface area contributed by atoms with E-state index in [1.54, 1.807) is 24.3 Å². The quantitative estimate of drug-likeness (QED) is 0.798. The second-order valence-corrected chi connectivity index (χ2v) is 4.93. The minimum atomic E-state index is -0.742. The molecule has 5 heteroatoms. The van der Waals surface area contributed by atoms with Crippen molar-refractivity contribution in [2.75, 3.05) is 5.32 Å². The number of fused-ring (bicyclic) bond motifs is 1. The monoisotopic (exact) mass is 281 g/mol. The average molecular weight is 281 g/mol. The van der Waals surface area contributed by atoms with Gasteiger partial charge in [0.05, 0.1) is 0 Å². The number of hydrogen-bond donors (Lipinski definition) is 3. The molecule has 5 nitrogen and oxygen atoms in total. The predicted molar refractivity (Wildman–Crippen MR) is 79.6 cm³/mol. The van der Waals surface area contributed by atoms with Crippen molar-refractivity contribution in [3.8, 4) is 0 Å². The Labute approximate surface area is 122 Å². The Bertz CT molecular complexity index is 698. The number of benzene rings is 2. The molecule has 21 heavy (non-hydrogen) atoms. The van der Waals surface area contributed by atoms with Crippen LogP contribution in [0.5, 0.6) is 0 Å². The number of rotatable bonds is 3. The van der Waals surface area contributed by atoms with Crippen LogP contribution in [-0.4, -0.2) is 11.8 Å². The fraction of sp³-hybridized carbons (Fsp3) is 0.125. The molecule has 0 aliphatic carbocycles. The highest BCUT2D eigenvalue weighted by atomic mass is 16.2. The van der Waals surface area contributed by atoms with Gasteiger partial charge in [-0.1, -0.05) is 36.4 Å². The Morgan fingerprint density at radius 2 is 1.95 bits per heavy atom. The third-order valence-electron chi connectivity index (χ3n) is 3.50. The Morgan fingerprint density at radius 1 is 1.19 bits per heavy atom. The zero-order valence-electron chi connectivity index (χ0n) is 11.3. The maximum atomic E-state index is 12.2. The van der Waals surface area contributed by atoms with Gasteiger partial charge >= 0.3 is 0 Å². The average Bonchev–Trinajstić information content (AvgIpc) is 2.88. The van der Waals surface area contributed by atoms with Gasteiger partial charge in [0, 0.05) is 17.8 Å². The number of hydrogen-bond acceptors (Lipinski definition) is 3. The number of carbonyl (C=O) groups is 2. The largest absolute Gasteiger partial charge is 0.348 e. The van der Waals surface area contributed by atoms with Gasteiger partial charge in [-0.3, -0.25) is 9.59 Å². The molecule has 0 aromatic heterocycles. The molecule has 0 bridgehead atoms. The van der Waals surface area contributed by atoms with Gasteiger partial charge < -0.3 is 16.4 Å². The van der Waals surface area contributed by atoms with Crippen LogP contribution in [0.15, 0.2) is 48.5 Å². The topological polar surface area (TPSA) is 84.2 Å². The minimum absolute atomic E-state index is 0.117. The molecule has 1 atom stereocenters. The molecule has 0 fully saturated rings. The third-order valence-corrected chi connectivity index (χ3v) is 3.50. The predicted octanol–water partition coefficient (Wildman–Crippen LogP) is 1.57. The Balaban J connectivity index is 1.76. The third kappa shape index (κ3) is 2.64. The summed E-state index contributed by atoms with van der Waals surface area (Å²) in [6, 6.07) is 13.7. The zero-order chi connectivity index (χ0) is 14.8. The SMILES string of the molecule is NC(C(=O)Nc1ccc2c(c1)C(=O)NC2)c1ccccc1. The fourth-order valence-electron chi connectivity index (χ4n) is 2.32. The lowest BCUT2D eigenvalue weighted by atomic mass is 10.1. The molecule has 1 unspecified atom stereocenters. The van der Waals surface area contributed by atoms with Crippen LogP contribution < -0.4 is 16.4 Å². The van der Waals surface area contributed by atoms with E-state index in [2.05, 4.69) is 10.6 Å². The highest BCUT2D eigenvalue weighted by Crippen LogP contribution is 2.21. The lowest BCUT2D eigenvalue weighted by Gasteiger charge is -2.13. The van der Waals surface area contributed by atoms with E-state index in [-0.39, 0.29) is 11.8 Å². The summed E-state index contributed by atoms with van der Waals surface area (Å²) in [6.07, 6.45) is 0. The van der Waals surface area contributed by atoms with Crippen LogP contribution in [0.4, 0.5) is 5.69 Å². The molecule has 4 N–H and O–H groups in total. The van der Waals surface area contributed by atoms with Crippen LogP contribution in [-0.2, 0) is 11.3 Å². The number of nitrogens with one attached hydrogen (secondary N) is 2. The molecule has 0 saturated heterocycles. The van der Waals surface area contributed by atoms with Gasteiger partial charge in [-0.15, -0.1) is 0 Å². The van der Waals surface area contributed by atoms with E-state index in [1.807, 2.05) is 24.3 Å². The van der Waals surface area contributed by atoms with E-state index in [9.17, 15) is 9.59 Å². The van der Waals surface area contributed by atoms with Crippen LogP contribution in [0, 0.1) is 0 Å². The van der Waals surface area contributed by atoms with Gasteiger partial charge in [0.25, 0.3) is 5.91 Å². The smallest absolute Gasteiger partial charge is 0.251 e. The van der Waals surface area contributed by atoms with Crippen molar-refractivity contribution in [3.63, 3.8) is 0 Å². The molecule has 0 radical (unpaired) electrons. The molecule has 106 valence electrons. The molecular weight excluding hydrogens is 266 g/mol. The van der Waals surface area contributed by atoms with E-state index in [1.165, 1.54) is 0 Å². The van der Waals surface area contributed by atoms with E-state index in [4.69, 9.17) is 5.73 Å². The molecule has 2 aromatic carbocycles. The van der Waals surface area contributed by atoms with Gasteiger partial charge in [0.2, 0.25) is 5.91 Å². The van der Waals surface area contributed by atoms with E-state index >= 15 is 0 Å². The Kier molecular flexibility index (Phi) is 3.41. The normalized spacial score (nSPS) is 14.2. The highest BCUT2D eigenvalue weighted by molar-refractivity contribution is 6.01. The van der Waals surface area contributed by atoms with Crippen molar-refractivity contribution in [2.45, 2.75) is 12.6 Å². The van der Waals surface area contributed by atoms with Crippen LogP contribution in [0.1, 0.15) is 27.5 Å². The number of carbonyl (C=O) groups excluding carboxylic acids is 2. The maximum absolute atomic E-state index is 12.2. The molecular formula is C16H15N3O2. The first kappa shape index (κ1) is 13.3. The maximum Gasteiger partial charge on any atom is 0.251 e. The van der Waals surface area contributed by atoms with Gasteiger partial charge in [0.1, 0.15) is 6.04 Å². The van der Waals surface area contributed by atoms with Crippen LogP contribution in [0.2, 0.25) is 0 Å². The highest BCUT2D eigenvalue weighted by Gasteiger charge is 2.20. The summed E-state index contributed by atoms with van der Waals surface area (Å²) in [4.78, 5) is 23.8. The first-order valence-corrected chi connectivity index (χ1v) is 6.67. The second-order valence-electron chi connectivity index (χ2n) is 4.93. The van der Waals surface area contributed by atoms with Crippen molar-refractivity contribution in [3.05, 3.63) is 65.2 Å². The molecule has 2 amide bonds. The molecule has 2 aromatic rings. The van der Waals surface area contributed by atoms with Crippen molar-refractivity contribution < 1.29 is 9.59 Å².